The molecule has 0 aromatic heterocycles. The Bertz CT molecular complexity index is 58.4. The van der Waals surface area contributed by atoms with Crippen molar-refractivity contribution < 1.29 is 18.0 Å². The topological polar surface area (TPSA) is 17.1 Å². The molecule has 7 heavy (non-hydrogen) atoms. The lowest BCUT2D eigenvalue weighted by molar-refractivity contribution is -0.156. The molecule has 0 aliphatic heterocycles. The van der Waals surface area contributed by atoms with Crippen molar-refractivity contribution in [3.05, 3.63) is 0 Å². The molecule has 0 aromatic carbocycles. The zero-order chi connectivity index (χ0) is 5.21. The van der Waals surface area contributed by atoms with Crippen LogP contribution in [-0.4, -0.2) is 29.8 Å². The van der Waals surface area contributed by atoms with Crippen LogP contribution in [0.3, 0.4) is 0 Å². The smallest absolute Gasteiger partial charge is 0.293 e. The Kier molecular flexibility index (Phi) is 4.40. The van der Waals surface area contributed by atoms with Gasteiger partial charge in [0, 0.05) is 0 Å². The Morgan fingerprint density at radius 3 is 1.43 bits per heavy atom. The van der Waals surface area contributed by atoms with E-state index < -0.39 is 12.5 Å². The monoisotopic (exact) mass is 128 g/mol. The summed E-state index contributed by atoms with van der Waals surface area (Å²) in [5.41, 5.74) is 0. The van der Waals surface area contributed by atoms with E-state index in [1.54, 1.807) is 0 Å². The normalized spacial score (nSPS) is 9.57. The van der Waals surface area contributed by atoms with Gasteiger partial charge in [-0.25, -0.2) is 0 Å². The molecule has 0 aromatic rings. The first-order valence-corrected chi connectivity index (χ1v) is 1.09. The van der Waals surface area contributed by atoms with Crippen LogP contribution in [0.4, 0.5) is 13.2 Å². The molecule has 0 aliphatic rings. The van der Waals surface area contributed by atoms with E-state index >= 15 is 0 Å². The number of hydrogen-bond donors (Lipinski definition) is 0. The van der Waals surface area contributed by atoms with E-state index in [1.165, 1.54) is 0 Å². The minimum atomic E-state index is -4.64. The average Bonchev–Trinajstić information content (AvgIpc) is 1.35. The Hall–Kier alpha value is -0.00753. The predicted octanol–water partition coefficient (Wildman–Crippen LogP) is -0.436. The second-order valence-corrected chi connectivity index (χ2v) is 0.659. The molecule has 0 bridgehead atoms. The molecule has 0 amide bonds. The fourth-order valence-electron chi connectivity index (χ4n) is 0. The van der Waals surface area contributed by atoms with Gasteiger partial charge in [-0.1, -0.05) is 0 Å². The van der Waals surface area contributed by atoms with Gasteiger partial charge >= 0.3 is 6.18 Å². The summed E-state index contributed by atoms with van der Waals surface area (Å²) in [6.45, 7) is 0. The highest BCUT2D eigenvalue weighted by Gasteiger charge is 2.24. The second kappa shape index (κ2) is 3.05. The number of alkyl halides is 3. The summed E-state index contributed by atoms with van der Waals surface area (Å²) >= 11 is 0. The van der Waals surface area contributed by atoms with Crippen molar-refractivity contribution in [2.75, 3.05) is 0 Å². The molecule has 0 radical (unpaired) electrons. The van der Waals surface area contributed by atoms with Gasteiger partial charge in [-0.3, -0.25) is 4.79 Å². The van der Waals surface area contributed by atoms with E-state index in [0.29, 0.717) is 0 Å². The third kappa shape index (κ3) is 10.7. The summed E-state index contributed by atoms with van der Waals surface area (Å²) in [5, 5.41) is 0. The number of halogens is 3. The van der Waals surface area contributed by atoms with Gasteiger partial charge in [0.25, 0.3) is 0 Å². The van der Waals surface area contributed by atoms with Gasteiger partial charge in [0.05, 0.1) is 0 Å². The molecule has 1 nitrogen and oxygen atoms in total. The van der Waals surface area contributed by atoms with Crippen molar-refractivity contribution in [3.8, 4) is 0 Å². The van der Waals surface area contributed by atoms with Crippen LogP contribution in [0.2, 0.25) is 0 Å². The van der Waals surface area contributed by atoms with Crippen LogP contribution in [0.25, 0.3) is 0 Å². The van der Waals surface area contributed by atoms with Crippen molar-refractivity contribution in [2.45, 2.75) is 6.18 Å². The summed E-state index contributed by atoms with van der Waals surface area (Å²) in [7, 11) is 0. The molecule has 0 heterocycles. The van der Waals surface area contributed by atoms with Gasteiger partial charge in [-0.15, -0.1) is 0 Å². The van der Waals surface area contributed by atoms with Crippen molar-refractivity contribution >= 4 is 23.6 Å². The molecule has 0 spiro atoms. The van der Waals surface area contributed by atoms with Gasteiger partial charge in [0.1, 0.15) is 0 Å². The second-order valence-electron chi connectivity index (χ2n) is 0.659. The summed E-state index contributed by atoms with van der Waals surface area (Å²) in [4.78, 5) is 8.70. The van der Waals surface area contributed by atoms with Gasteiger partial charge in [0.15, 0.2) is 17.4 Å². The zero-order valence-corrected chi connectivity index (χ0v) is 2.62. The van der Waals surface area contributed by atoms with E-state index in [1.807, 2.05) is 0 Å². The van der Waals surface area contributed by atoms with E-state index in [0.717, 1.165) is 0 Å². The number of rotatable bonds is 0. The molecule has 0 fully saturated rings. The Morgan fingerprint density at radius 2 is 1.43 bits per heavy atom. The van der Waals surface area contributed by atoms with Crippen molar-refractivity contribution in [2.24, 2.45) is 0 Å². The fourth-order valence-corrected chi connectivity index (χ4v) is 0. The molecule has 0 aliphatic carbocycles. The standard InChI is InChI=1S/C2HF3O.Al.3H/c3-2(4,5)1-6;;;;/h1H;;;;. The summed E-state index contributed by atoms with van der Waals surface area (Å²) < 4.78 is 31.2. The minimum Gasteiger partial charge on any atom is -0.293 e. The molecule has 0 saturated carbocycles. The highest BCUT2D eigenvalue weighted by atomic mass is 27.0. The molecule has 0 rings (SSSR count). The molecular formula is C2H4AlF3O. The fraction of sp³-hybridized carbons (Fsp3) is 0.500. The summed E-state index contributed by atoms with van der Waals surface area (Å²) in [6, 6.07) is 0. The van der Waals surface area contributed by atoms with E-state index in [4.69, 9.17) is 4.79 Å². The van der Waals surface area contributed by atoms with Crippen molar-refractivity contribution in [1.29, 1.82) is 0 Å². The number of carbonyl (C=O) groups excluding carboxylic acids is 1. The Labute approximate surface area is 48.6 Å². The third-order valence-electron chi connectivity index (χ3n) is 0.134. The first-order valence-electron chi connectivity index (χ1n) is 1.09. The summed E-state index contributed by atoms with van der Waals surface area (Å²) in [5.74, 6) is 0. The maximum absolute atomic E-state index is 10.4. The maximum atomic E-state index is 10.4. The van der Waals surface area contributed by atoms with Gasteiger partial charge in [-0.2, -0.15) is 13.2 Å². The lowest BCUT2D eigenvalue weighted by Crippen LogP contribution is -2.07. The largest absolute Gasteiger partial charge is 0.446 e. The van der Waals surface area contributed by atoms with Gasteiger partial charge in [0.2, 0.25) is 6.29 Å². The van der Waals surface area contributed by atoms with Crippen LogP contribution < -0.4 is 0 Å². The van der Waals surface area contributed by atoms with Crippen LogP contribution in [0.5, 0.6) is 0 Å². The molecule has 0 N–H and O–H groups in total. The SMILES string of the molecule is O=CC(F)(F)F.[AlH3]. The highest BCUT2D eigenvalue weighted by molar-refractivity contribution is 5.75. The first-order chi connectivity index (χ1) is 2.56. The van der Waals surface area contributed by atoms with Crippen molar-refractivity contribution in [1.82, 2.24) is 0 Å². The Morgan fingerprint density at radius 1 is 1.29 bits per heavy atom. The van der Waals surface area contributed by atoms with Crippen molar-refractivity contribution in [3.63, 3.8) is 0 Å². The predicted molar refractivity (Wildman–Crippen MR) is 22.1 cm³/mol. The zero-order valence-electron chi connectivity index (χ0n) is 2.62. The number of aldehydes is 1. The molecule has 0 unspecified atom stereocenters. The first kappa shape index (κ1) is 10.1. The van der Waals surface area contributed by atoms with Crippen LogP contribution in [0.1, 0.15) is 0 Å². The van der Waals surface area contributed by atoms with E-state index in [2.05, 4.69) is 0 Å². The van der Waals surface area contributed by atoms with Crippen LogP contribution in [0.15, 0.2) is 0 Å². The maximum Gasteiger partial charge on any atom is 0.446 e. The highest BCUT2D eigenvalue weighted by Crippen LogP contribution is 2.08. The van der Waals surface area contributed by atoms with Gasteiger partial charge < -0.3 is 0 Å². The number of hydrogen-bond acceptors (Lipinski definition) is 1. The molecule has 5 heteroatoms. The quantitative estimate of drug-likeness (QED) is 0.319. The number of carbonyl (C=O) groups is 1. The molecule has 0 saturated heterocycles. The molecular weight excluding hydrogens is 124 g/mol. The lowest BCUT2D eigenvalue weighted by Gasteiger charge is -1.87. The van der Waals surface area contributed by atoms with E-state index in [-0.39, 0.29) is 17.4 Å². The lowest BCUT2D eigenvalue weighted by atomic mass is 10.8. The molecule has 42 valence electrons. The third-order valence-corrected chi connectivity index (χ3v) is 0.134. The molecule has 0 atom stereocenters. The van der Waals surface area contributed by atoms with Gasteiger partial charge in [-0.05, 0) is 0 Å². The minimum absolute atomic E-state index is 0. The Balaban J connectivity index is 0. The van der Waals surface area contributed by atoms with Crippen LogP contribution in [-0.2, 0) is 4.79 Å². The van der Waals surface area contributed by atoms with Crippen LogP contribution in [0, 0.1) is 0 Å². The average molecular weight is 128 g/mol. The summed E-state index contributed by atoms with van der Waals surface area (Å²) in [6.07, 6.45) is -5.70. The van der Waals surface area contributed by atoms with Crippen LogP contribution >= 0.6 is 0 Å². The van der Waals surface area contributed by atoms with E-state index in [9.17, 15) is 13.2 Å².